The fourth-order valence-corrected chi connectivity index (χ4v) is 2.74. The number of hydrogen-bond acceptors (Lipinski definition) is 2. The molecule has 2 atom stereocenters. The van der Waals surface area contributed by atoms with Gasteiger partial charge in [-0.3, -0.25) is 4.79 Å². The molecule has 2 aliphatic rings. The molecule has 74 valence electrons. The van der Waals surface area contributed by atoms with Crippen LogP contribution in [0.1, 0.15) is 18.0 Å². The smallest absolute Gasteiger partial charge is 0.250 e. The Morgan fingerprint density at radius 2 is 2.29 bits per heavy atom. The zero-order valence-electron chi connectivity index (χ0n) is 8.07. The van der Waals surface area contributed by atoms with Gasteiger partial charge in [-0.1, -0.05) is 6.07 Å². The van der Waals surface area contributed by atoms with Crippen molar-refractivity contribution in [2.24, 2.45) is 5.92 Å². The topological polar surface area (TPSA) is 34.0 Å². The lowest BCUT2D eigenvalue weighted by molar-refractivity contribution is 0.257. The summed E-state index contributed by atoms with van der Waals surface area (Å²) in [4.78, 5) is 11.6. The van der Waals surface area contributed by atoms with Gasteiger partial charge in [0.05, 0.1) is 0 Å². The van der Waals surface area contributed by atoms with Crippen LogP contribution in [0.2, 0.25) is 0 Å². The summed E-state index contributed by atoms with van der Waals surface area (Å²) in [5, 5.41) is 3.43. The third-order valence-corrected chi connectivity index (χ3v) is 3.38. The van der Waals surface area contributed by atoms with Crippen molar-refractivity contribution in [3.8, 4) is 0 Å². The highest BCUT2D eigenvalue weighted by Crippen LogP contribution is 2.31. The minimum absolute atomic E-state index is 0.166. The summed E-state index contributed by atoms with van der Waals surface area (Å²) in [6, 6.07) is 5.64. The highest BCUT2D eigenvalue weighted by Gasteiger charge is 2.30. The third-order valence-electron chi connectivity index (χ3n) is 3.38. The third kappa shape index (κ3) is 1.12. The van der Waals surface area contributed by atoms with E-state index in [0.717, 1.165) is 19.6 Å². The van der Waals surface area contributed by atoms with Gasteiger partial charge in [-0.25, -0.2) is 0 Å². The molecule has 0 radical (unpaired) electrons. The van der Waals surface area contributed by atoms with E-state index >= 15 is 0 Å². The van der Waals surface area contributed by atoms with Gasteiger partial charge in [0.15, 0.2) is 0 Å². The van der Waals surface area contributed by atoms with Crippen LogP contribution in [0, 0.1) is 5.92 Å². The van der Waals surface area contributed by atoms with E-state index in [9.17, 15) is 4.79 Å². The lowest BCUT2D eigenvalue weighted by atomic mass is 9.84. The Morgan fingerprint density at radius 3 is 3.21 bits per heavy atom. The van der Waals surface area contributed by atoms with Crippen LogP contribution in [0.3, 0.4) is 0 Å². The van der Waals surface area contributed by atoms with Crippen LogP contribution in [-0.2, 0) is 6.54 Å². The number of pyridine rings is 1. The van der Waals surface area contributed by atoms with Crippen LogP contribution in [0.5, 0.6) is 0 Å². The molecule has 2 bridgehead atoms. The number of hydrogen-bond donors (Lipinski definition) is 1. The van der Waals surface area contributed by atoms with Crippen molar-refractivity contribution in [1.29, 1.82) is 0 Å². The Labute approximate surface area is 82.8 Å². The first kappa shape index (κ1) is 8.24. The number of piperidine rings is 1. The van der Waals surface area contributed by atoms with E-state index < -0.39 is 0 Å². The predicted octanol–water partition coefficient (Wildman–Crippen LogP) is 0.555. The maximum absolute atomic E-state index is 11.6. The fourth-order valence-electron chi connectivity index (χ4n) is 2.74. The molecule has 14 heavy (non-hydrogen) atoms. The van der Waals surface area contributed by atoms with Gasteiger partial charge in [0, 0.05) is 30.8 Å². The summed E-state index contributed by atoms with van der Waals surface area (Å²) < 4.78 is 1.96. The van der Waals surface area contributed by atoms with Gasteiger partial charge in [0.25, 0.3) is 5.56 Å². The molecule has 0 amide bonds. The number of rotatable bonds is 0. The second kappa shape index (κ2) is 2.95. The molecule has 1 aromatic rings. The van der Waals surface area contributed by atoms with Crippen LogP contribution >= 0.6 is 0 Å². The van der Waals surface area contributed by atoms with Crippen molar-refractivity contribution in [3.05, 3.63) is 34.2 Å². The number of nitrogens with zero attached hydrogens (tertiary/aromatic N) is 1. The molecule has 0 saturated carbocycles. The quantitative estimate of drug-likeness (QED) is 0.648. The Morgan fingerprint density at radius 1 is 1.36 bits per heavy atom. The van der Waals surface area contributed by atoms with Crippen molar-refractivity contribution >= 4 is 0 Å². The molecule has 0 aliphatic carbocycles. The molecule has 3 nitrogen and oxygen atoms in total. The first-order valence-corrected chi connectivity index (χ1v) is 5.25. The zero-order valence-corrected chi connectivity index (χ0v) is 8.07. The first-order chi connectivity index (χ1) is 6.84. The standard InChI is InChI=1S/C11H14N2O/c14-11-3-1-2-10-9-4-8(5-12-6-9)7-13(10)11/h1-3,8-9,12H,4-7H2/t8-,9?/m1/s1. The lowest BCUT2D eigenvalue weighted by Gasteiger charge is -2.37. The average Bonchev–Trinajstić information content (AvgIpc) is 2.20. The summed E-state index contributed by atoms with van der Waals surface area (Å²) in [5.41, 5.74) is 1.39. The van der Waals surface area contributed by atoms with Crippen LogP contribution < -0.4 is 10.9 Å². The molecule has 1 unspecified atom stereocenters. The molecule has 1 N–H and O–H groups in total. The van der Waals surface area contributed by atoms with Crippen LogP contribution in [0.15, 0.2) is 23.0 Å². The summed E-state index contributed by atoms with van der Waals surface area (Å²) in [5.74, 6) is 1.21. The summed E-state index contributed by atoms with van der Waals surface area (Å²) >= 11 is 0. The van der Waals surface area contributed by atoms with E-state index in [4.69, 9.17) is 0 Å². The molecule has 3 heterocycles. The summed E-state index contributed by atoms with van der Waals surface area (Å²) in [7, 11) is 0. The first-order valence-electron chi connectivity index (χ1n) is 5.25. The van der Waals surface area contributed by atoms with Gasteiger partial charge < -0.3 is 9.88 Å². The van der Waals surface area contributed by atoms with E-state index in [1.165, 1.54) is 12.1 Å². The Bertz CT molecular complexity index is 410. The fraction of sp³-hybridized carbons (Fsp3) is 0.545. The average molecular weight is 190 g/mol. The van der Waals surface area contributed by atoms with Crippen LogP contribution in [-0.4, -0.2) is 17.7 Å². The Kier molecular flexibility index (Phi) is 1.74. The molecule has 1 aromatic heterocycles. The second-order valence-corrected chi connectivity index (χ2v) is 4.36. The highest BCUT2D eigenvalue weighted by molar-refractivity contribution is 5.16. The molecule has 1 saturated heterocycles. The maximum Gasteiger partial charge on any atom is 0.250 e. The van der Waals surface area contributed by atoms with Gasteiger partial charge in [0.1, 0.15) is 0 Å². The number of aromatic nitrogens is 1. The van der Waals surface area contributed by atoms with E-state index in [2.05, 4.69) is 11.4 Å². The minimum Gasteiger partial charge on any atom is -0.316 e. The SMILES string of the molecule is O=c1cccc2n1C[C@H]1CNCC2C1. The van der Waals surface area contributed by atoms with E-state index in [0.29, 0.717) is 11.8 Å². The minimum atomic E-state index is 0.166. The van der Waals surface area contributed by atoms with E-state index in [1.54, 1.807) is 6.07 Å². The van der Waals surface area contributed by atoms with Gasteiger partial charge in [-0.2, -0.15) is 0 Å². The van der Waals surface area contributed by atoms with E-state index in [-0.39, 0.29) is 5.56 Å². The van der Waals surface area contributed by atoms with Crippen LogP contribution in [0.4, 0.5) is 0 Å². The molecule has 0 aromatic carbocycles. The molecule has 0 spiro atoms. The van der Waals surface area contributed by atoms with Crippen molar-refractivity contribution in [2.75, 3.05) is 13.1 Å². The Hall–Kier alpha value is -1.09. The van der Waals surface area contributed by atoms with Crippen LogP contribution in [0.25, 0.3) is 0 Å². The normalized spacial score (nSPS) is 29.7. The van der Waals surface area contributed by atoms with Crippen molar-refractivity contribution in [1.82, 2.24) is 9.88 Å². The van der Waals surface area contributed by atoms with Gasteiger partial charge >= 0.3 is 0 Å². The van der Waals surface area contributed by atoms with Gasteiger partial charge in [-0.15, -0.1) is 0 Å². The van der Waals surface area contributed by atoms with Crippen molar-refractivity contribution in [3.63, 3.8) is 0 Å². The van der Waals surface area contributed by atoms with Gasteiger partial charge in [-0.05, 0) is 24.9 Å². The number of fused-ring (bicyclic) bond motifs is 4. The highest BCUT2D eigenvalue weighted by atomic mass is 16.1. The monoisotopic (exact) mass is 190 g/mol. The summed E-state index contributed by atoms with van der Waals surface area (Å²) in [6.45, 7) is 3.00. The lowest BCUT2D eigenvalue weighted by Crippen LogP contribution is -2.44. The molecule has 3 rings (SSSR count). The van der Waals surface area contributed by atoms with Crippen molar-refractivity contribution in [2.45, 2.75) is 18.9 Å². The Balaban J connectivity index is 2.15. The number of nitrogens with one attached hydrogen (secondary N) is 1. The largest absolute Gasteiger partial charge is 0.316 e. The molecule has 3 heteroatoms. The molecule has 2 aliphatic heterocycles. The van der Waals surface area contributed by atoms with Gasteiger partial charge in [0.2, 0.25) is 0 Å². The molecular formula is C11H14N2O. The van der Waals surface area contributed by atoms with Crippen molar-refractivity contribution < 1.29 is 0 Å². The molecule has 1 fully saturated rings. The van der Waals surface area contributed by atoms with E-state index in [1.807, 2.05) is 10.6 Å². The molecular weight excluding hydrogens is 176 g/mol. The maximum atomic E-state index is 11.6. The summed E-state index contributed by atoms with van der Waals surface area (Å²) in [6.07, 6.45) is 1.25. The predicted molar refractivity (Wildman–Crippen MR) is 54.4 cm³/mol. The zero-order chi connectivity index (χ0) is 9.54. The second-order valence-electron chi connectivity index (χ2n) is 4.36.